The van der Waals surface area contributed by atoms with Crippen LogP contribution in [0.25, 0.3) is 0 Å². The third-order valence-corrected chi connectivity index (χ3v) is 4.67. The van der Waals surface area contributed by atoms with Crippen LogP contribution in [0.5, 0.6) is 0 Å². The fraction of sp³-hybridized carbons (Fsp3) is 0.647. The molecule has 0 radical (unpaired) electrons. The van der Waals surface area contributed by atoms with E-state index in [1.54, 1.807) is 0 Å². The second kappa shape index (κ2) is 6.42. The molecule has 106 valence electrons. The third-order valence-electron chi connectivity index (χ3n) is 4.67. The molecule has 1 unspecified atom stereocenters. The molecule has 1 aromatic rings. The fourth-order valence-electron chi connectivity index (χ4n) is 3.57. The molecule has 19 heavy (non-hydrogen) atoms. The molecule has 0 bridgehead atoms. The van der Waals surface area contributed by atoms with Crippen molar-refractivity contribution < 1.29 is 0 Å². The van der Waals surface area contributed by atoms with Gasteiger partial charge in [0.2, 0.25) is 0 Å². The van der Waals surface area contributed by atoms with Gasteiger partial charge in [0.25, 0.3) is 0 Å². The van der Waals surface area contributed by atoms with Crippen LogP contribution in [0.1, 0.15) is 43.2 Å². The molecule has 1 aliphatic carbocycles. The smallest absolute Gasteiger partial charge is 0.0437 e. The van der Waals surface area contributed by atoms with Crippen molar-refractivity contribution in [1.82, 2.24) is 0 Å². The van der Waals surface area contributed by atoms with Gasteiger partial charge in [0, 0.05) is 25.3 Å². The fourth-order valence-corrected chi connectivity index (χ4v) is 3.57. The number of nitrogens with two attached hydrogens (primary N) is 1. The van der Waals surface area contributed by atoms with Crippen LogP contribution in [-0.4, -0.2) is 19.6 Å². The van der Waals surface area contributed by atoms with E-state index in [1.165, 1.54) is 48.9 Å². The van der Waals surface area contributed by atoms with E-state index in [9.17, 15) is 0 Å². The van der Waals surface area contributed by atoms with Crippen LogP contribution in [0.3, 0.4) is 0 Å². The molecule has 0 amide bonds. The first-order valence-electron chi connectivity index (χ1n) is 7.63. The average Bonchev–Trinajstić information content (AvgIpc) is 2.40. The number of benzene rings is 1. The second-order valence-corrected chi connectivity index (χ2v) is 6.10. The summed E-state index contributed by atoms with van der Waals surface area (Å²) >= 11 is 0. The van der Waals surface area contributed by atoms with E-state index in [0.29, 0.717) is 6.04 Å². The standard InChI is InChI=1S/C17H28N2/c1-13-9-10-16(14(2)11-13)19(3)17(12-18)15-7-5-4-6-8-15/h9-11,15,17H,4-8,12,18H2,1-3H3. The third kappa shape index (κ3) is 3.30. The lowest BCUT2D eigenvalue weighted by Gasteiger charge is -2.38. The predicted molar refractivity (Wildman–Crippen MR) is 83.7 cm³/mol. The first-order valence-corrected chi connectivity index (χ1v) is 7.63. The van der Waals surface area contributed by atoms with Crippen molar-refractivity contribution in [3.05, 3.63) is 29.3 Å². The van der Waals surface area contributed by atoms with E-state index in [2.05, 4.69) is 44.0 Å². The van der Waals surface area contributed by atoms with Crippen LogP contribution in [0.2, 0.25) is 0 Å². The number of likely N-dealkylation sites (N-methyl/N-ethyl adjacent to an activating group) is 1. The van der Waals surface area contributed by atoms with Crippen LogP contribution >= 0.6 is 0 Å². The summed E-state index contributed by atoms with van der Waals surface area (Å²) in [5, 5.41) is 0. The summed E-state index contributed by atoms with van der Waals surface area (Å²) in [6.07, 6.45) is 6.85. The Kier molecular flexibility index (Phi) is 4.87. The van der Waals surface area contributed by atoms with Crippen LogP contribution in [0, 0.1) is 19.8 Å². The van der Waals surface area contributed by atoms with Gasteiger partial charge in [-0.2, -0.15) is 0 Å². The minimum atomic E-state index is 0.488. The van der Waals surface area contributed by atoms with Gasteiger partial charge >= 0.3 is 0 Å². The van der Waals surface area contributed by atoms with Gasteiger partial charge in [-0.15, -0.1) is 0 Å². The molecular formula is C17H28N2. The van der Waals surface area contributed by atoms with Crippen molar-refractivity contribution in [2.24, 2.45) is 11.7 Å². The number of hydrogen-bond donors (Lipinski definition) is 1. The largest absolute Gasteiger partial charge is 0.370 e. The minimum absolute atomic E-state index is 0.488. The van der Waals surface area contributed by atoms with Gasteiger partial charge in [-0.3, -0.25) is 0 Å². The molecule has 0 saturated heterocycles. The van der Waals surface area contributed by atoms with Crippen molar-refractivity contribution in [1.29, 1.82) is 0 Å². The van der Waals surface area contributed by atoms with Gasteiger partial charge in [-0.05, 0) is 44.2 Å². The highest BCUT2D eigenvalue weighted by Crippen LogP contribution is 2.31. The van der Waals surface area contributed by atoms with Crippen LogP contribution in [0.4, 0.5) is 5.69 Å². The molecular weight excluding hydrogens is 232 g/mol. The summed E-state index contributed by atoms with van der Waals surface area (Å²) < 4.78 is 0. The Labute approximate surface area is 118 Å². The lowest BCUT2D eigenvalue weighted by Crippen LogP contribution is -2.44. The van der Waals surface area contributed by atoms with E-state index < -0.39 is 0 Å². The molecule has 0 aliphatic heterocycles. The highest BCUT2D eigenvalue weighted by Gasteiger charge is 2.26. The zero-order chi connectivity index (χ0) is 13.8. The monoisotopic (exact) mass is 260 g/mol. The molecule has 1 aliphatic rings. The van der Waals surface area contributed by atoms with Gasteiger partial charge in [0.05, 0.1) is 0 Å². The van der Waals surface area contributed by atoms with Gasteiger partial charge in [-0.1, -0.05) is 37.0 Å². The molecule has 2 heteroatoms. The molecule has 2 N–H and O–H groups in total. The summed E-state index contributed by atoms with van der Waals surface area (Å²) in [6.45, 7) is 5.11. The van der Waals surface area contributed by atoms with Gasteiger partial charge in [0.1, 0.15) is 0 Å². The topological polar surface area (TPSA) is 29.3 Å². The zero-order valence-corrected chi connectivity index (χ0v) is 12.7. The Morgan fingerprint density at radius 3 is 2.47 bits per heavy atom. The van der Waals surface area contributed by atoms with Crippen molar-refractivity contribution in [3.8, 4) is 0 Å². The molecule has 1 aromatic carbocycles. The number of nitrogens with zero attached hydrogens (tertiary/aromatic N) is 1. The maximum Gasteiger partial charge on any atom is 0.0437 e. The number of hydrogen-bond acceptors (Lipinski definition) is 2. The maximum atomic E-state index is 6.08. The van der Waals surface area contributed by atoms with Crippen LogP contribution in [-0.2, 0) is 0 Å². The summed E-state index contributed by atoms with van der Waals surface area (Å²) in [5.74, 6) is 0.768. The zero-order valence-electron chi connectivity index (χ0n) is 12.7. The molecule has 1 fully saturated rings. The average molecular weight is 260 g/mol. The Balaban J connectivity index is 2.17. The lowest BCUT2D eigenvalue weighted by molar-refractivity contribution is 0.302. The minimum Gasteiger partial charge on any atom is -0.370 e. The van der Waals surface area contributed by atoms with Crippen molar-refractivity contribution in [3.63, 3.8) is 0 Å². The molecule has 2 nitrogen and oxygen atoms in total. The number of anilines is 1. The summed E-state index contributed by atoms with van der Waals surface area (Å²) in [5.41, 5.74) is 10.1. The molecule has 1 atom stereocenters. The second-order valence-electron chi connectivity index (χ2n) is 6.10. The molecule has 0 aromatic heterocycles. The van der Waals surface area contributed by atoms with Crippen molar-refractivity contribution in [2.75, 3.05) is 18.5 Å². The van der Waals surface area contributed by atoms with E-state index in [1.807, 2.05) is 0 Å². The van der Waals surface area contributed by atoms with E-state index >= 15 is 0 Å². The quantitative estimate of drug-likeness (QED) is 0.895. The van der Waals surface area contributed by atoms with Crippen LogP contribution < -0.4 is 10.6 Å². The Morgan fingerprint density at radius 1 is 1.21 bits per heavy atom. The summed E-state index contributed by atoms with van der Waals surface area (Å²) in [6, 6.07) is 7.20. The number of rotatable bonds is 4. The van der Waals surface area contributed by atoms with E-state index in [-0.39, 0.29) is 0 Å². The van der Waals surface area contributed by atoms with Gasteiger partial charge < -0.3 is 10.6 Å². The first-order chi connectivity index (χ1) is 9.13. The lowest BCUT2D eigenvalue weighted by atomic mass is 9.83. The summed E-state index contributed by atoms with van der Waals surface area (Å²) in [4.78, 5) is 2.42. The van der Waals surface area contributed by atoms with Gasteiger partial charge in [0.15, 0.2) is 0 Å². The number of aryl methyl sites for hydroxylation is 2. The Morgan fingerprint density at radius 2 is 1.89 bits per heavy atom. The SMILES string of the molecule is Cc1ccc(N(C)C(CN)C2CCCCC2)c(C)c1. The van der Waals surface area contributed by atoms with E-state index in [4.69, 9.17) is 5.73 Å². The first kappa shape index (κ1) is 14.4. The molecule has 0 spiro atoms. The molecule has 0 heterocycles. The molecule has 2 rings (SSSR count). The highest BCUT2D eigenvalue weighted by atomic mass is 15.1. The Hall–Kier alpha value is -1.02. The maximum absolute atomic E-state index is 6.08. The Bertz CT molecular complexity index is 408. The van der Waals surface area contributed by atoms with Crippen molar-refractivity contribution in [2.45, 2.75) is 52.0 Å². The molecule has 1 saturated carbocycles. The van der Waals surface area contributed by atoms with Crippen LogP contribution in [0.15, 0.2) is 18.2 Å². The highest BCUT2D eigenvalue weighted by molar-refractivity contribution is 5.54. The van der Waals surface area contributed by atoms with Gasteiger partial charge in [-0.25, -0.2) is 0 Å². The van der Waals surface area contributed by atoms with Crippen molar-refractivity contribution >= 4 is 5.69 Å². The predicted octanol–water partition coefficient (Wildman–Crippen LogP) is 3.65. The normalized spacial score (nSPS) is 18.3. The van der Waals surface area contributed by atoms with E-state index in [0.717, 1.165) is 12.5 Å². The summed E-state index contributed by atoms with van der Waals surface area (Å²) in [7, 11) is 2.21.